The first-order valence-electron chi connectivity index (χ1n) is 8.72. The zero-order valence-corrected chi connectivity index (χ0v) is 14.5. The minimum absolute atomic E-state index is 0.0822. The molecule has 0 unspecified atom stereocenters. The van der Waals surface area contributed by atoms with Gasteiger partial charge in [-0.2, -0.15) is 0 Å². The molecule has 1 aliphatic rings. The Labute approximate surface area is 155 Å². The monoisotopic (exact) mass is 368 g/mol. The Morgan fingerprint density at radius 1 is 1.11 bits per heavy atom. The molecule has 1 aromatic heterocycles. The second-order valence-corrected chi connectivity index (χ2v) is 6.45. The average Bonchev–Trinajstić information content (AvgIpc) is 3.10. The average molecular weight is 368 g/mol. The Morgan fingerprint density at radius 3 is 2.63 bits per heavy atom. The van der Waals surface area contributed by atoms with Crippen molar-refractivity contribution < 1.29 is 18.3 Å². The van der Waals surface area contributed by atoms with E-state index in [-0.39, 0.29) is 24.1 Å². The first-order valence-corrected chi connectivity index (χ1v) is 8.72. The fraction of sp³-hybridized carbons (Fsp3) is 0.190. The van der Waals surface area contributed by atoms with E-state index in [1.54, 1.807) is 11.0 Å². The third-order valence-electron chi connectivity index (χ3n) is 4.73. The first-order chi connectivity index (χ1) is 13.1. The second kappa shape index (κ2) is 7.23. The van der Waals surface area contributed by atoms with Crippen LogP contribution < -0.4 is 4.74 Å². The highest BCUT2D eigenvalue weighted by molar-refractivity contribution is 5.93. The summed E-state index contributed by atoms with van der Waals surface area (Å²) in [7, 11) is 0. The van der Waals surface area contributed by atoms with Gasteiger partial charge in [-0.1, -0.05) is 6.08 Å². The van der Waals surface area contributed by atoms with Crippen LogP contribution >= 0.6 is 0 Å². The van der Waals surface area contributed by atoms with E-state index < -0.39 is 0 Å². The zero-order chi connectivity index (χ0) is 18.8. The van der Waals surface area contributed by atoms with Crippen LogP contribution in [0.2, 0.25) is 0 Å². The standard InChI is InChI=1S/C21H18F2N2O2/c22-15-1-4-17(5-2-15)27-13-21(26)25-9-7-14(8-10-25)19-12-24-20-11-16(23)3-6-18(19)20/h1-7,11-12,24H,8-10,13H2. The summed E-state index contributed by atoms with van der Waals surface area (Å²) in [4.78, 5) is 17.1. The Bertz CT molecular complexity index is 1010. The molecule has 27 heavy (non-hydrogen) atoms. The fourth-order valence-electron chi connectivity index (χ4n) is 3.27. The van der Waals surface area contributed by atoms with E-state index in [4.69, 9.17) is 4.74 Å². The smallest absolute Gasteiger partial charge is 0.260 e. The van der Waals surface area contributed by atoms with Crippen LogP contribution in [0.3, 0.4) is 0 Å². The highest BCUT2D eigenvalue weighted by atomic mass is 19.1. The SMILES string of the molecule is O=C(COc1ccc(F)cc1)N1CC=C(c2c[nH]c3cc(F)ccc23)CC1. The number of fused-ring (bicyclic) bond motifs is 1. The number of hydrogen-bond acceptors (Lipinski definition) is 2. The lowest BCUT2D eigenvalue weighted by Gasteiger charge is -2.26. The largest absolute Gasteiger partial charge is 0.484 e. The number of nitrogens with zero attached hydrogens (tertiary/aromatic N) is 1. The van der Waals surface area contributed by atoms with Crippen LogP contribution in [0.15, 0.2) is 54.7 Å². The minimum Gasteiger partial charge on any atom is -0.484 e. The van der Waals surface area contributed by atoms with Gasteiger partial charge in [0.2, 0.25) is 0 Å². The molecule has 4 nitrogen and oxygen atoms in total. The van der Waals surface area contributed by atoms with Gasteiger partial charge in [-0.05, 0) is 54.5 Å². The second-order valence-electron chi connectivity index (χ2n) is 6.45. The molecule has 138 valence electrons. The third kappa shape index (κ3) is 3.69. The summed E-state index contributed by atoms with van der Waals surface area (Å²) >= 11 is 0. The van der Waals surface area contributed by atoms with Crippen LogP contribution in [-0.2, 0) is 4.79 Å². The predicted octanol–water partition coefficient (Wildman–Crippen LogP) is 4.14. The molecule has 1 N–H and O–H groups in total. The highest BCUT2D eigenvalue weighted by Crippen LogP contribution is 2.29. The first kappa shape index (κ1) is 17.3. The Morgan fingerprint density at radius 2 is 1.89 bits per heavy atom. The molecule has 1 aliphatic heterocycles. The molecular weight excluding hydrogens is 350 g/mol. The minimum atomic E-state index is -0.345. The summed E-state index contributed by atoms with van der Waals surface area (Å²) in [6, 6.07) is 10.3. The van der Waals surface area contributed by atoms with E-state index in [9.17, 15) is 13.6 Å². The number of aromatic nitrogens is 1. The van der Waals surface area contributed by atoms with Crippen molar-refractivity contribution in [1.82, 2.24) is 9.88 Å². The molecule has 0 saturated heterocycles. The molecule has 1 amide bonds. The van der Waals surface area contributed by atoms with E-state index in [2.05, 4.69) is 4.98 Å². The number of ether oxygens (including phenoxy) is 1. The van der Waals surface area contributed by atoms with Crippen LogP contribution in [0.1, 0.15) is 12.0 Å². The third-order valence-corrected chi connectivity index (χ3v) is 4.73. The lowest BCUT2D eigenvalue weighted by molar-refractivity contribution is -0.132. The van der Waals surface area contributed by atoms with Crippen molar-refractivity contribution >= 4 is 22.4 Å². The normalized spacial score (nSPS) is 14.3. The molecule has 3 aromatic rings. The number of carbonyl (C=O) groups excluding carboxylic acids is 1. The molecule has 4 rings (SSSR count). The number of H-pyrrole nitrogens is 1. The van der Waals surface area contributed by atoms with Crippen molar-refractivity contribution in [3.05, 3.63) is 71.9 Å². The van der Waals surface area contributed by atoms with Gasteiger partial charge in [0, 0.05) is 35.8 Å². The molecule has 0 atom stereocenters. The van der Waals surface area contributed by atoms with Crippen LogP contribution in [0.4, 0.5) is 8.78 Å². The van der Waals surface area contributed by atoms with Crippen molar-refractivity contribution in [3.63, 3.8) is 0 Å². The number of carbonyl (C=O) groups is 1. The summed E-state index contributed by atoms with van der Waals surface area (Å²) in [6.45, 7) is 1.00. The van der Waals surface area contributed by atoms with Gasteiger partial charge in [-0.15, -0.1) is 0 Å². The Balaban J connectivity index is 1.40. The quantitative estimate of drug-likeness (QED) is 0.752. The van der Waals surface area contributed by atoms with Gasteiger partial charge in [-0.25, -0.2) is 8.78 Å². The lowest BCUT2D eigenvalue weighted by Crippen LogP contribution is -2.37. The summed E-state index contributed by atoms with van der Waals surface area (Å²) in [5, 5.41) is 0.974. The molecule has 2 heterocycles. The van der Waals surface area contributed by atoms with E-state index >= 15 is 0 Å². The molecule has 0 bridgehead atoms. The van der Waals surface area contributed by atoms with Crippen LogP contribution in [-0.4, -0.2) is 35.5 Å². The molecular formula is C21H18F2N2O2. The van der Waals surface area contributed by atoms with Gasteiger partial charge in [0.1, 0.15) is 17.4 Å². The highest BCUT2D eigenvalue weighted by Gasteiger charge is 2.20. The van der Waals surface area contributed by atoms with Crippen molar-refractivity contribution in [1.29, 1.82) is 0 Å². The molecule has 0 spiro atoms. The van der Waals surface area contributed by atoms with Crippen LogP contribution in [0.5, 0.6) is 5.75 Å². The summed E-state index contributed by atoms with van der Waals surface area (Å²) in [5.41, 5.74) is 2.94. The fourth-order valence-corrected chi connectivity index (χ4v) is 3.27. The van der Waals surface area contributed by atoms with E-state index in [0.717, 1.165) is 22.0 Å². The topological polar surface area (TPSA) is 45.3 Å². The molecule has 0 aliphatic carbocycles. The number of aromatic amines is 1. The molecule has 2 aromatic carbocycles. The van der Waals surface area contributed by atoms with Gasteiger partial charge in [0.15, 0.2) is 6.61 Å². The van der Waals surface area contributed by atoms with E-state index in [1.807, 2.05) is 12.3 Å². The maximum atomic E-state index is 13.3. The number of benzene rings is 2. The number of nitrogens with one attached hydrogen (secondary N) is 1. The van der Waals surface area contributed by atoms with Gasteiger partial charge < -0.3 is 14.6 Å². The summed E-state index contributed by atoms with van der Waals surface area (Å²) in [6.07, 6.45) is 4.61. The number of halogens is 2. The molecule has 0 radical (unpaired) electrons. The summed E-state index contributed by atoms with van der Waals surface area (Å²) < 4.78 is 31.6. The predicted molar refractivity (Wildman–Crippen MR) is 99.3 cm³/mol. The van der Waals surface area contributed by atoms with Crippen LogP contribution in [0.25, 0.3) is 16.5 Å². The van der Waals surface area contributed by atoms with Gasteiger partial charge >= 0.3 is 0 Å². The Kier molecular flexibility index (Phi) is 4.62. The van der Waals surface area contributed by atoms with Gasteiger partial charge in [0.25, 0.3) is 5.91 Å². The molecule has 0 fully saturated rings. The van der Waals surface area contributed by atoms with Gasteiger partial charge in [-0.3, -0.25) is 4.79 Å². The van der Waals surface area contributed by atoms with Crippen molar-refractivity contribution in [2.75, 3.05) is 19.7 Å². The van der Waals surface area contributed by atoms with E-state index in [0.29, 0.717) is 25.3 Å². The summed E-state index contributed by atoms with van der Waals surface area (Å²) in [5.74, 6) is -0.270. The maximum absolute atomic E-state index is 13.3. The number of amides is 1. The zero-order valence-electron chi connectivity index (χ0n) is 14.5. The van der Waals surface area contributed by atoms with E-state index in [1.165, 1.54) is 36.4 Å². The number of rotatable bonds is 4. The van der Waals surface area contributed by atoms with Crippen molar-refractivity contribution in [2.45, 2.75) is 6.42 Å². The number of hydrogen-bond donors (Lipinski definition) is 1. The van der Waals surface area contributed by atoms with Crippen LogP contribution in [0, 0.1) is 11.6 Å². The maximum Gasteiger partial charge on any atom is 0.260 e. The van der Waals surface area contributed by atoms with Gasteiger partial charge in [0.05, 0.1) is 0 Å². The van der Waals surface area contributed by atoms with Crippen molar-refractivity contribution in [3.8, 4) is 5.75 Å². The lowest BCUT2D eigenvalue weighted by atomic mass is 9.99. The molecule has 6 heteroatoms. The van der Waals surface area contributed by atoms with Crippen molar-refractivity contribution in [2.24, 2.45) is 0 Å². The Hall–Kier alpha value is -3.15. The molecule has 0 saturated carbocycles.